The molecule has 0 bridgehead atoms. The highest BCUT2D eigenvalue weighted by Crippen LogP contribution is 1.92. The average molecular weight is 159 g/mol. The van der Waals surface area contributed by atoms with Crippen molar-refractivity contribution in [2.75, 3.05) is 40.3 Å². The largest absolute Gasteiger partial charge is 0.314 e. The first-order chi connectivity index (χ1) is 5.30. The van der Waals surface area contributed by atoms with Gasteiger partial charge in [-0.1, -0.05) is 13.8 Å². The van der Waals surface area contributed by atoms with Gasteiger partial charge in [-0.3, -0.25) is 0 Å². The zero-order valence-corrected chi connectivity index (χ0v) is 8.22. The first kappa shape index (κ1) is 10.9. The van der Waals surface area contributed by atoms with E-state index < -0.39 is 0 Å². The Morgan fingerprint density at radius 1 is 1.09 bits per heavy atom. The van der Waals surface area contributed by atoms with Crippen molar-refractivity contribution in [3.63, 3.8) is 0 Å². The first-order valence-corrected chi connectivity index (χ1v) is 4.43. The molecule has 0 amide bonds. The summed E-state index contributed by atoms with van der Waals surface area (Å²) in [6.07, 6.45) is 0. The molecule has 0 saturated carbocycles. The number of nitrogens with one attached hydrogen (secondary N) is 1. The maximum Gasteiger partial charge on any atom is 0.0259 e. The molecule has 1 aliphatic rings. The monoisotopic (exact) mass is 159 g/mol. The van der Waals surface area contributed by atoms with Crippen molar-refractivity contribution in [2.24, 2.45) is 0 Å². The number of hydrogen-bond donors (Lipinski definition) is 1. The van der Waals surface area contributed by atoms with Crippen LogP contribution in [0.2, 0.25) is 0 Å². The Hall–Kier alpha value is -0.120. The number of piperazine rings is 1. The fraction of sp³-hybridized carbons (Fsp3) is 1.00. The normalized spacial score (nSPS) is 19.4. The number of rotatable bonds is 1. The standard InChI is InChI=1S/C6H15N3.C2H6/c1-8(2)9-5-3-7-4-6-9;1-2/h7H,3-6H2,1-2H3;1-2H3. The van der Waals surface area contributed by atoms with Crippen LogP contribution in [-0.2, 0) is 0 Å². The van der Waals surface area contributed by atoms with E-state index in [1.165, 1.54) is 0 Å². The molecule has 1 saturated heterocycles. The lowest BCUT2D eigenvalue weighted by Crippen LogP contribution is -2.49. The topological polar surface area (TPSA) is 18.5 Å². The third-order valence-corrected chi connectivity index (χ3v) is 1.66. The van der Waals surface area contributed by atoms with Crippen molar-refractivity contribution < 1.29 is 0 Å². The molecule has 0 unspecified atom stereocenters. The molecule has 0 atom stereocenters. The number of nitrogens with zero attached hydrogens (tertiary/aromatic N) is 2. The van der Waals surface area contributed by atoms with Crippen LogP contribution in [0.1, 0.15) is 13.8 Å². The Kier molecular flexibility index (Phi) is 6.51. The van der Waals surface area contributed by atoms with Crippen LogP contribution >= 0.6 is 0 Å². The molecule has 1 heterocycles. The lowest BCUT2D eigenvalue weighted by molar-refractivity contribution is 0.0141. The minimum atomic E-state index is 1.12. The van der Waals surface area contributed by atoms with Crippen LogP contribution in [0.15, 0.2) is 0 Å². The van der Waals surface area contributed by atoms with E-state index in [2.05, 4.69) is 29.4 Å². The van der Waals surface area contributed by atoms with Crippen LogP contribution in [0.4, 0.5) is 0 Å². The van der Waals surface area contributed by atoms with Crippen molar-refractivity contribution in [1.82, 2.24) is 15.3 Å². The lowest BCUT2D eigenvalue weighted by Gasteiger charge is -2.32. The van der Waals surface area contributed by atoms with E-state index in [-0.39, 0.29) is 0 Å². The second-order valence-corrected chi connectivity index (χ2v) is 2.55. The summed E-state index contributed by atoms with van der Waals surface area (Å²) in [5.74, 6) is 0. The van der Waals surface area contributed by atoms with E-state index in [9.17, 15) is 0 Å². The van der Waals surface area contributed by atoms with Gasteiger partial charge in [0, 0.05) is 40.3 Å². The third-order valence-electron chi connectivity index (χ3n) is 1.66. The highest BCUT2D eigenvalue weighted by atomic mass is 15.6. The molecular weight excluding hydrogens is 138 g/mol. The van der Waals surface area contributed by atoms with Crippen LogP contribution < -0.4 is 5.32 Å². The molecule has 3 nitrogen and oxygen atoms in total. The van der Waals surface area contributed by atoms with Crippen LogP contribution in [0.25, 0.3) is 0 Å². The maximum absolute atomic E-state index is 3.30. The van der Waals surface area contributed by atoms with Gasteiger partial charge in [-0.15, -0.1) is 0 Å². The minimum absolute atomic E-state index is 1.12. The quantitative estimate of drug-likeness (QED) is 0.597. The smallest absolute Gasteiger partial charge is 0.0259 e. The SMILES string of the molecule is CC.CN(C)N1CCNCC1. The van der Waals surface area contributed by atoms with Gasteiger partial charge in [0.2, 0.25) is 0 Å². The fourth-order valence-corrected chi connectivity index (χ4v) is 1.05. The summed E-state index contributed by atoms with van der Waals surface area (Å²) < 4.78 is 0. The zero-order valence-electron chi connectivity index (χ0n) is 8.22. The molecule has 1 rings (SSSR count). The summed E-state index contributed by atoms with van der Waals surface area (Å²) in [4.78, 5) is 0. The Morgan fingerprint density at radius 2 is 1.55 bits per heavy atom. The summed E-state index contributed by atoms with van der Waals surface area (Å²) >= 11 is 0. The summed E-state index contributed by atoms with van der Waals surface area (Å²) in [6, 6.07) is 0. The molecule has 0 aliphatic carbocycles. The highest BCUT2D eigenvalue weighted by molar-refractivity contribution is 4.62. The van der Waals surface area contributed by atoms with E-state index in [1.54, 1.807) is 0 Å². The van der Waals surface area contributed by atoms with E-state index in [4.69, 9.17) is 0 Å². The Balaban J connectivity index is 0.000000461. The Labute approximate surface area is 70.3 Å². The molecule has 68 valence electrons. The van der Waals surface area contributed by atoms with Gasteiger partial charge in [0.25, 0.3) is 0 Å². The fourth-order valence-electron chi connectivity index (χ4n) is 1.05. The third kappa shape index (κ3) is 4.35. The molecule has 3 heteroatoms. The van der Waals surface area contributed by atoms with E-state index >= 15 is 0 Å². The molecule has 0 aromatic heterocycles. The van der Waals surface area contributed by atoms with Gasteiger partial charge in [-0.2, -0.15) is 0 Å². The van der Waals surface area contributed by atoms with E-state index in [0.29, 0.717) is 0 Å². The zero-order chi connectivity index (χ0) is 8.69. The number of hydrazine groups is 1. The average Bonchev–Trinajstić information content (AvgIpc) is 2.10. The Bertz CT molecular complexity index is 77.4. The lowest BCUT2D eigenvalue weighted by atomic mass is 10.4. The Morgan fingerprint density at radius 3 is 1.82 bits per heavy atom. The second-order valence-electron chi connectivity index (χ2n) is 2.55. The first-order valence-electron chi connectivity index (χ1n) is 4.43. The summed E-state index contributed by atoms with van der Waals surface area (Å²) in [6.45, 7) is 8.54. The van der Waals surface area contributed by atoms with Crippen LogP contribution in [0.5, 0.6) is 0 Å². The van der Waals surface area contributed by atoms with Gasteiger partial charge in [0.05, 0.1) is 0 Å². The van der Waals surface area contributed by atoms with Crippen molar-refractivity contribution in [3.8, 4) is 0 Å². The van der Waals surface area contributed by atoms with Gasteiger partial charge in [0.15, 0.2) is 0 Å². The van der Waals surface area contributed by atoms with Crippen LogP contribution in [0.3, 0.4) is 0 Å². The minimum Gasteiger partial charge on any atom is -0.314 e. The van der Waals surface area contributed by atoms with Crippen molar-refractivity contribution in [1.29, 1.82) is 0 Å². The van der Waals surface area contributed by atoms with Gasteiger partial charge in [0.1, 0.15) is 0 Å². The number of hydrogen-bond acceptors (Lipinski definition) is 3. The molecule has 1 fully saturated rings. The van der Waals surface area contributed by atoms with Gasteiger partial charge >= 0.3 is 0 Å². The van der Waals surface area contributed by atoms with Crippen molar-refractivity contribution in [3.05, 3.63) is 0 Å². The van der Waals surface area contributed by atoms with Crippen molar-refractivity contribution >= 4 is 0 Å². The van der Waals surface area contributed by atoms with E-state index in [0.717, 1.165) is 26.2 Å². The molecule has 0 aromatic carbocycles. The molecule has 0 radical (unpaired) electrons. The molecule has 11 heavy (non-hydrogen) atoms. The van der Waals surface area contributed by atoms with E-state index in [1.807, 2.05) is 13.8 Å². The summed E-state index contributed by atoms with van der Waals surface area (Å²) in [5.41, 5.74) is 0. The molecule has 1 aliphatic heterocycles. The molecular formula is C8H21N3. The summed E-state index contributed by atoms with van der Waals surface area (Å²) in [5, 5.41) is 7.78. The van der Waals surface area contributed by atoms with Crippen molar-refractivity contribution in [2.45, 2.75) is 13.8 Å². The van der Waals surface area contributed by atoms with Gasteiger partial charge in [-0.05, 0) is 0 Å². The second kappa shape index (κ2) is 6.58. The highest BCUT2D eigenvalue weighted by Gasteiger charge is 2.09. The molecule has 0 aromatic rings. The van der Waals surface area contributed by atoms with Crippen LogP contribution in [0, 0.1) is 0 Å². The molecule has 1 N–H and O–H groups in total. The maximum atomic E-state index is 3.30. The predicted octanol–water partition coefficient (Wildman–Crippen LogP) is 0.394. The van der Waals surface area contributed by atoms with Gasteiger partial charge < -0.3 is 5.32 Å². The molecule has 0 spiro atoms. The van der Waals surface area contributed by atoms with Gasteiger partial charge in [-0.25, -0.2) is 10.0 Å². The van der Waals surface area contributed by atoms with Crippen LogP contribution in [-0.4, -0.2) is 50.3 Å². The summed E-state index contributed by atoms with van der Waals surface area (Å²) in [7, 11) is 4.18. The predicted molar refractivity (Wildman–Crippen MR) is 49.5 cm³/mol.